The van der Waals surface area contributed by atoms with Crippen molar-refractivity contribution >= 4 is 17.3 Å². The molecule has 1 unspecified atom stereocenters. The highest BCUT2D eigenvalue weighted by Gasteiger charge is 2.19. The normalized spacial score (nSPS) is 18.0. The number of carbonyl (C=O) groups is 1. The number of piperidine rings is 1. The Morgan fingerprint density at radius 1 is 1.39 bits per heavy atom. The molecule has 0 radical (unpaired) electrons. The van der Waals surface area contributed by atoms with Crippen molar-refractivity contribution < 1.29 is 9.53 Å². The van der Waals surface area contributed by atoms with Gasteiger partial charge >= 0.3 is 0 Å². The van der Waals surface area contributed by atoms with Crippen LogP contribution in [0.3, 0.4) is 0 Å². The zero-order chi connectivity index (χ0) is 16.1. The van der Waals surface area contributed by atoms with Crippen LogP contribution in [0.5, 0.6) is 0 Å². The van der Waals surface area contributed by atoms with Crippen molar-refractivity contribution in [2.75, 3.05) is 30.4 Å². The minimum atomic E-state index is -0.0844. The van der Waals surface area contributed by atoms with Gasteiger partial charge in [0.05, 0.1) is 6.10 Å². The van der Waals surface area contributed by atoms with Gasteiger partial charge in [0.25, 0.3) is 0 Å². The van der Waals surface area contributed by atoms with Gasteiger partial charge < -0.3 is 15.0 Å². The monoisotopic (exact) mass is 314 g/mol. The summed E-state index contributed by atoms with van der Waals surface area (Å²) in [6.45, 7) is 2.18. The lowest BCUT2D eigenvalue weighted by Gasteiger charge is -2.33. The number of hydrogen-bond acceptors (Lipinski definition) is 4. The summed E-state index contributed by atoms with van der Waals surface area (Å²) < 4.78 is 7.06. The van der Waals surface area contributed by atoms with Gasteiger partial charge in [-0.1, -0.05) is 0 Å². The van der Waals surface area contributed by atoms with E-state index < -0.39 is 0 Å². The van der Waals surface area contributed by atoms with E-state index in [1.807, 2.05) is 24.3 Å². The molecule has 6 heteroatoms. The zero-order valence-corrected chi connectivity index (χ0v) is 13.3. The summed E-state index contributed by atoms with van der Waals surface area (Å²) in [5.41, 5.74) is 1.96. The SMILES string of the molecule is COC1CCCN(c2ccc(NC(=O)Cn3cccn3)cc2)C1. The van der Waals surface area contributed by atoms with E-state index >= 15 is 0 Å². The number of ether oxygens (including phenoxy) is 1. The predicted molar refractivity (Wildman–Crippen MR) is 89.5 cm³/mol. The van der Waals surface area contributed by atoms with E-state index in [1.165, 1.54) is 0 Å². The van der Waals surface area contributed by atoms with Crippen LogP contribution in [0.4, 0.5) is 11.4 Å². The molecule has 1 N–H and O–H groups in total. The van der Waals surface area contributed by atoms with E-state index in [4.69, 9.17) is 4.74 Å². The first-order chi connectivity index (χ1) is 11.2. The third-order valence-corrected chi connectivity index (χ3v) is 4.09. The maximum absolute atomic E-state index is 11.9. The molecular weight excluding hydrogens is 292 g/mol. The fourth-order valence-corrected chi connectivity index (χ4v) is 2.86. The summed E-state index contributed by atoms with van der Waals surface area (Å²) in [6.07, 6.45) is 5.99. The van der Waals surface area contributed by atoms with Crippen LogP contribution >= 0.6 is 0 Å². The van der Waals surface area contributed by atoms with Crippen molar-refractivity contribution in [3.63, 3.8) is 0 Å². The summed E-state index contributed by atoms with van der Waals surface area (Å²) in [5, 5.41) is 6.91. The van der Waals surface area contributed by atoms with E-state index in [2.05, 4.69) is 15.3 Å². The number of nitrogens with one attached hydrogen (secondary N) is 1. The number of hydrogen-bond donors (Lipinski definition) is 1. The fourth-order valence-electron chi connectivity index (χ4n) is 2.86. The number of nitrogens with zero attached hydrogens (tertiary/aromatic N) is 3. The fraction of sp³-hybridized carbons (Fsp3) is 0.412. The van der Waals surface area contributed by atoms with Gasteiger partial charge in [0.2, 0.25) is 5.91 Å². The number of amides is 1. The van der Waals surface area contributed by atoms with E-state index in [9.17, 15) is 4.79 Å². The van der Waals surface area contributed by atoms with Crippen molar-refractivity contribution in [2.45, 2.75) is 25.5 Å². The molecule has 1 aliphatic heterocycles. The highest BCUT2D eigenvalue weighted by molar-refractivity contribution is 5.90. The average Bonchev–Trinajstić information content (AvgIpc) is 3.08. The van der Waals surface area contributed by atoms with Crippen LogP contribution in [0, 0.1) is 0 Å². The van der Waals surface area contributed by atoms with Crippen molar-refractivity contribution in [1.82, 2.24) is 9.78 Å². The van der Waals surface area contributed by atoms with Gasteiger partial charge in [-0.2, -0.15) is 5.10 Å². The van der Waals surface area contributed by atoms with Gasteiger partial charge in [0.15, 0.2) is 0 Å². The van der Waals surface area contributed by atoms with Crippen LogP contribution in [0.1, 0.15) is 12.8 Å². The number of aromatic nitrogens is 2. The third-order valence-electron chi connectivity index (χ3n) is 4.09. The topological polar surface area (TPSA) is 59.4 Å². The molecule has 0 aliphatic carbocycles. The predicted octanol–water partition coefficient (Wildman–Crippen LogP) is 2.14. The molecule has 2 aromatic rings. The molecule has 2 heterocycles. The zero-order valence-electron chi connectivity index (χ0n) is 13.3. The second-order valence-electron chi connectivity index (χ2n) is 5.74. The molecule has 1 saturated heterocycles. The highest BCUT2D eigenvalue weighted by Crippen LogP contribution is 2.22. The van der Waals surface area contributed by atoms with Crippen molar-refractivity contribution in [1.29, 1.82) is 0 Å². The van der Waals surface area contributed by atoms with Crippen LogP contribution in [0.2, 0.25) is 0 Å². The lowest BCUT2D eigenvalue weighted by atomic mass is 10.1. The summed E-state index contributed by atoms with van der Waals surface area (Å²) in [7, 11) is 1.77. The Morgan fingerprint density at radius 2 is 2.22 bits per heavy atom. The van der Waals surface area contributed by atoms with E-state index in [0.717, 1.165) is 37.3 Å². The van der Waals surface area contributed by atoms with Gasteiger partial charge in [0, 0.05) is 44.0 Å². The van der Waals surface area contributed by atoms with Gasteiger partial charge in [-0.15, -0.1) is 0 Å². The van der Waals surface area contributed by atoms with Crippen LogP contribution in [0.15, 0.2) is 42.7 Å². The Balaban J connectivity index is 1.57. The second-order valence-corrected chi connectivity index (χ2v) is 5.74. The Hall–Kier alpha value is -2.34. The molecule has 0 saturated carbocycles. The molecule has 1 aromatic heterocycles. The first-order valence-corrected chi connectivity index (χ1v) is 7.89. The lowest BCUT2D eigenvalue weighted by molar-refractivity contribution is -0.116. The molecule has 1 aromatic carbocycles. The van der Waals surface area contributed by atoms with Crippen molar-refractivity contribution in [2.24, 2.45) is 0 Å². The van der Waals surface area contributed by atoms with Crippen LogP contribution < -0.4 is 10.2 Å². The molecule has 1 fully saturated rings. The molecular formula is C17H22N4O2. The van der Waals surface area contributed by atoms with Crippen molar-refractivity contribution in [3.8, 4) is 0 Å². The summed E-state index contributed by atoms with van der Waals surface area (Å²) >= 11 is 0. The van der Waals surface area contributed by atoms with Gasteiger partial charge in [-0.3, -0.25) is 9.48 Å². The maximum atomic E-state index is 11.9. The number of anilines is 2. The number of carbonyl (C=O) groups excluding carboxylic acids is 1. The smallest absolute Gasteiger partial charge is 0.246 e. The number of benzene rings is 1. The third kappa shape index (κ3) is 4.10. The second kappa shape index (κ2) is 7.28. The molecule has 1 aliphatic rings. The molecule has 3 rings (SSSR count). The van der Waals surface area contributed by atoms with Gasteiger partial charge in [-0.25, -0.2) is 0 Å². The summed E-state index contributed by atoms with van der Waals surface area (Å²) in [6, 6.07) is 9.76. The molecule has 122 valence electrons. The summed E-state index contributed by atoms with van der Waals surface area (Å²) in [4.78, 5) is 14.3. The van der Waals surface area contributed by atoms with E-state index in [1.54, 1.807) is 30.3 Å². The molecule has 0 spiro atoms. The first kappa shape index (κ1) is 15.6. The van der Waals surface area contributed by atoms with Crippen LogP contribution in [0.25, 0.3) is 0 Å². The first-order valence-electron chi connectivity index (χ1n) is 7.89. The molecule has 23 heavy (non-hydrogen) atoms. The molecule has 0 bridgehead atoms. The Kier molecular flexibility index (Phi) is 4.92. The minimum absolute atomic E-state index is 0.0844. The molecule has 1 amide bonds. The molecule has 6 nitrogen and oxygen atoms in total. The van der Waals surface area contributed by atoms with Gasteiger partial charge in [0.1, 0.15) is 6.54 Å². The van der Waals surface area contributed by atoms with Crippen molar-refractivity contribution in [3.05, 3.63) is 42.7 Å². The lowest BCUT2D eigenvalue weighted by Crippen LogP contribution is -2.39. The Labute approximate surface area is 136 Å². The maximum Gasteiger partial charge on any atom is 0.246 e. The average molecular weight is 314 g/mol. The number of methoxy groups -OCH3 is 1. The standard InChI is InChI=1S/C17H22N4O2/c1-23-16-4-2-10-20(12-16)15-7-5-14(6-8-15)19-17(22)13-21-11-3-9-18-21/h3,5-9,11,16H,2,4,10,12-13H2,1H3,(H,19,22). The number of rotatable bonds is 5. The Morgan fingerprint density at radius 3 is 2.91 bits per heavy atom. The largest absolute Gasteiger partial charge is 0.380 e. The molecule has 1 atom stereocenters. The van der Waals surface area contributed by atoms with Crippen LogP contribution in [-0.4, -0.2) is 42.0 Å². The van der Waals surface area contributed by atoms with Crippen LogP contribution in [-0.2, 0) is 16.1 Å². The Bertz CT molecular complexity index is 625. The highest BCUT2D eigenvalue weighted by atomic mass is 16.5. The quantitative estimate of drug-likeness (QED) is 0.918. The van der Waals surface area contributed by atoms with E-state index in [-0.39, 0.29) is 12.5 Å². The minimum Gasteiger partial charge on any atom is -0.380 e. The summed E-state index contributed by atoms with van der Waals surface area (Å²) in [5.74, 6) is -0.0844. The van der Waals surface area contributed by atoms with Gasteiger partial charge in [-0.05, 0) is 43.2 Å². The van der Waals surface area contributed by atoms with E-state index in [0.29, 0.717) is 6.10 Å².